The minimum absolute atomic E-state index is 0.00305. The fourth-order valence-electron chi connectivity index (χ4n) is 9.98. The van der Waals surface area contributed by atoms with Crippen LogP contribution in [0.5, 0.6) is 5.75 Å². The molecule has 65 heavy (non-hydrogen) atoms. The van der Waals surface area contributed by atoms with Crippen molar-refractivity contribution in [2.24, 2.45) is 17.3 Å². The van der Waals surface area contributed by atoms with E-state index in [1.807, 2.05) is 38.4 Å². The van der Waals surface area contributed by atoms with Crippen LogP contribution in [0.3, 0.4) is 0 Å². The summed E-state index contributed by atoms with van der Waals surface area (Å²) in [6.45, 7) is 14.0. The number of pyridine rings is 1. The summed E-state index contributed by atoms with van der Waals surface area (Å²) in [6, 6.07) is 10.5. The van der Waals surface area contributed by atoms with Crippen molar-refractivity contribution in [3.8, 4) is 28.1 Å². The third kappa shape index (κ3) is 9.85. The molecule has 0 radical (unpaired) electrons. The average Bonchev–Trinajstić information content (AvgIpc) is 3.89. The molecule has 0 spiro atoms. The van der Waals surface area contributed by atoms with E-state index in [0.717, 1.165) is 45.3 Å². The van der Waals surface area contributed by atoms with Crippen LogP contribution < -0.4 is 10.7 Å². The van der Waals surface area contributed by atoms with E-state index in [9.17, 15) is 29.1 Å². The number of aryl methyl sites for hydroxylation is 2. The molecule has 15 heteroatoms. The van der Waals surface area contributed by atoms with Gasteiger partial charge >= 0.3 is 12.0 Å². The number of hydrazine groups is 1. The quantitative estimate of drug-likeness (QED) is 0.186. The third-order valence-electron chi connectivity index (χ3n) is 13.2. The van der Waals surface area contributed by atoms with Gasteiger partial charge < -0.3 is 34.4 Å². The molecule has 0 unspecified atom stereocenters. The Kier molecular flexibility index (Phi) is 13.9. The summed E-state index contributed by atoms with van der Waals surface area (Å²) in [5, 5.41) is 16.7. The van der Waals surface area contributed by atoms with E-state index in [2.05, 4.69) is 66.2 Å². The number of carbonyl (C=O) groups excluding carboxylic acids is 5. The lowest BCUT2D eigenvalue weighted by atomic mass is 9.84. The second-order valence-electron chi connectivity index (χ2n) is 19.4. The molecule has 3 N–H and O–H groups in total. The lowest BCUT2D eigenvalue weighted by molar-refractivity contribution is -0.155. The number of phenolic OH excluding ortho intramolecular Hbond substituents is 1. The van der Waals surface area contributed by atoms with Gasteiger partial charge in [0.15, 0.2) is 0 Å². The number of amides is 5. The smallest absolute Gasteiger partial charge is 0.324 e. The second kappa shape index (κ2) is 19.3. The number of esters is 1. The molecule has 3 aliphatic heterocycles. The van der Waals surface area contributed by atoms with Crippen LogP contribution in [0.4, 0.5) is 4.79 Å². The number of hydrogen-bond donors (Lipinski definition) is 3. The van der Waals surface area contributed by atoms with Crippen molar-refractivity contribution >= 4 is 40.6 Å². The van der Waals surface area contributed by atoms with E-state index in [1.54, 1.807) is 38.2 Å². The normalized spacial score (nSPS) is 20.6. The fraction of sp³-hybridized carbons (Fsp3) is 0.520. The average molecular weight is 891 g/mol. The molecule has 7 rings (SSSR count). The van der Waals surface area contributed by atoms with Crippen molar-refractivity contribution < 1.29 is 33.8 Å². The topological polar surface area (TPSA) is 170 Å². The molecular weight excluding hydrogens is 825 g/mol. The summed E-state index contributed by atoms with van der Waals surface area (Å²) in [7, 11) is 4.94. The molecule has 2 aromatic heterocycles. The van der Waals surface area contributed by atoms with Crippen LogP contribution >= 0.6 is 0 Å². The Morgan fingerprint density at radius 2 is 1.78 bits per heavy atom. The number of benzene rings is 2. The van der Waals surface area contributed by atoms with Crippen molar-refractivity contribution in [1.29, 1.82) is 0 Å². The Labute approximate surface area is 382 Å². The Morgan fingerprint density at radius 3 is 2.49 bits per heavy atom. The van der Waals surface area contributed by atoms with Gasteiger partial charge in [0.25, 0.3) is 5.91 Å². The lowest BCUT2D eigenvalue weighted by Gasteiger charge is -2.37. The van der Waals surface area contributed by atoms with Gasteiger partial charge in [0.05, 0.1) is 18.2 Å². The van der Waals surface area contributed by atoms with Crippen LogP contribution in [0.15, 0.2) is 54.9 Å². The summed E-state index contributed by atoms with van der Waals surface area (Å²) < 4.78 is 8.42. The number of nitrogens with zero attached hydrogens (tertiary/aromatic N) is 6. The minimum atomic E-state index is -1.15. The molecule has 0 saturated carbocycles. The van der Waals surface area contributed by atoms with Gasteiger partial charge in [-0.2, -0.15) is 0 Å². The monoisotopic (exact) mass is 891 g/mol. The number of cyclic esters (lactones) is 1. The molecule has 3 aliphatic rings. The van der Waals surface area contributed by atoms with Crippen LogP contribution in [0.25, 0.3) is 33.3 Å². The van der Waals surface area contributed by atoms with E-state index < -0.39 is 47.2 Å². The SMILES string of the molecule is CCc1ccncc1-c1c2c3cc(ccc3n1CC)-c1cc(O)cc(c1)C[C@H](NC(=O)[C@H](C(C)C)N(C)C(=O)[C@H]1CCN(C(=O)N(C)C)C1)C(=O)N1CCC[C@H](N1)C(=O)OCC(C)(C)C2. The number of hydrogen-bond acceptors (Lipinski definition) is 9. The summed E-state index contributed by atoms with van der Waals surface area (Å²) in [5.74, 6) is -2.51. The van der Waals surface area contributed by atoms with Gasteiger partial charge in [0.2, 0.25) is 11.8 Å². The molecule has 2 fully saturated rings. The van der Waals surface area contributed by atoms with Gasteiger partial charge in [-0.3, -0.25) is 29.2 Å². The first-order valence-corrected chi connectivity index (χ1v) is 23.1. The number of rotatable bonds is 8. The first kappa shape index (κ1) is 47.0. The molecule has 2 saturated heterocycles. The maximum atomic E-state index is 14.7. The predicted molar refractivity (Wildman–Crippen MR) is 249 cm³/mol. The van der Waals surface area contributed by atoms with Crippen LogP contribution in [-0.4, -0.2) is 130 Å². The number of likely N-dealkylation sites (tertiary alicyclic amines) is 1. The van der Waals surface area contributed by atoms with E-state index in [4.69, 9.17) is 4.74 Å². The number of phenols is 1. The van der Waals surface area contributed by atoms with Gasteiger partial charge in [-0.15, -0.1) is 0 Å². The number of urea groups is 1. The van der Waals surface area contributed by atoms with E-state index in [0.29, 0.717) is 44.3 Å². The number of fused-ring (bicyclic) bond motifs is 6. The molecule has 4 atom stereocenters. The van der Waals surface area contributed by atoms with Crippen LogP contribution in [0.2, 0.25) is 0 Å². The first-order valence-electron chi connectivity index (χ1n) is 23.1. The van der Waals surface area contributed by atoms with Crippen molar-refractivity contribution in [2.75, 3.05) is 47.4 Å². The summed E-state index contributed by atoms with van der Waals surface area (Å²) in [5.41, 5.74) is 10.3. The predicted octanol–water partition coefficient (Wildman–Crippen LogP) is 5.79. The Hall–Kier alpha value is -5.96. The van der Waals surface area contributed by atoms with Crippen LogP contribution in [-0.2, 0) is 49.7 Å². The molecule has 0 aliphatic carbocycles. The zero-order valence-electron chi connectivity index (χ0n) is 39.4. The minimum Gasteiger partial charge on any atom is -0.508 e. The van der Waals surface area contributed by atoms with E-state index >= 15 is 0 Å². The maximum Gasteiger partial charge on any atom is 0.324 e. The molecule has 6 bridgehead atoms. The van der Waals surface area contributed by atoms with E-state index in [1.165, 1.54) is 20.4 Å². The molecule has 2 aromatic carbocycles. The van der Waals surface area contributed by atoms with Gasteiger partial charge in [-0.1, -0.05) is 46.8 Å². The van der Waals surface area contributed by atoms with Gasteiger partial charge in [0, 0.05) is 88.0 Å². The van der Waals surface area contributed by atoms with Crippen LogP contribution in [0.1, 0.15) is 77.5 Å². The molecule has 15 nitrogen and oxygen atoms in total. The number of aromatic hydroxyl groups is 1. The zero-order valence-corrected chi connectivity index (χ0v) is 39.4. The maximum absolute atomic E-state index is 14.7. The number of likely N-dealkylation sites (N-methyl/N-ethyl adjacent to an activating group) is 1. The number of nitrogens with one attached hydrogen (secondary N) is 2. The van der Waals surface area contributed by atoms with Crippen LogP contribution in [0, 0.1) is 17.3 Å². The largest absolute Gasteiger partial charge is 0.508 e. The summed E-state index contributed by atoms with van der Waals surface area (Å²) in [6.07, 6.45) is 6.62. The third-order valence-corrected chi connectivity index (χ3v) is 13.2. The highest BCUT2D eigenvalue weighted by Crippen LogP contribution is 2.41. The van der Waals surface area contributed by atoms with Gasteiger partial charge in [0.1, 0.15) is 23.9 Å². The molecule has 5 heterocycles. The van der Waals surface area contributed by atoms with Crippen molar-refractivity contribution in [3.05, 3.63) is 71.5 Å². The Morgan fingerprint density at radius 1 is 1.02 bits per heavy atom. The highest BCUT2D eigenvalue weighted by molar-refractivity contribution is 5.96. The second-order valence-corrected chi connectivity index (χ2v) is 19.4. The lowest BCUT2D eigenvalue weighted by Crippen LogP contribution is -2.62. The molecular formula is C50H66N8O7. The number of carbonyl (C=O) groups is 5. The molecule has 348 valence electrons. The van der Waals surface area contributed by atoms with Crippen molar-refractivity contribution in [3.63, 3.8) is 0 Å². The summed E-state index contributed by atoms with van der Waals surface area (Å²) >= 11 is 0. The van der Waals surface area contributed by atoms with Gasteiger partial charge in [-0.25, -0.2) is 10.2 Å². The zero-order chi connectivity index (χ0) is 46.9. The highest BCUT2D eigenvalue weighted by atomic mass is 16.5. The van der Waals surface area contributed by atoms with Crippen molar-refractivity contribution in [1.82, 2.24) is 40.0 Å². The standard InChI is InChI=1S/C50H66N8O7/c1-10-32-16-18-51-27-39(32)44-38-26-50(5,6)29-65-48(63)40-13-12-19-58(53-40)47(62)41(23-31-21-35(24-36(59)22-31)33-14-15-42(37(38)25-33)57(44)11-2)52-45(60)43(30(3)4)55(9)46(61)34-17-20-56(28-34)49(64)54(7)8/h14-16,18,21-22,24-25,27,30,34,40-41,43,53,59H,10-13,17,19-20,23,26,28-29H2,1-9H3,(H,52,60)/t34-,40-,41-,43-/m0/s1. The highest BCUT2D eigenvalue weighted by Gasteiger charge is 2.40. The molecule has 5 amide bonds. The van der Waals surface area contributed by atoms with Gasteiger partial charge in [-0.05, 0) is 103 Å². The van der Waals surface area contributed by atoms with E-state index in [-0.39, 0.29) is 49.7 Å². The Bertz CT molecular complexity index is 2460. The molecule has 4 aromatic rings. The summed E-state index contributed by atoms with van der Waals surface area (Å²) in [4.78, 5) is 78.9. The number of aromatic nitrogens is 2. The Balaban J connectivity index is 1.29. The fourth-order valence-corrected chi connectivity index (χ4v) is 9.98. The first-order chi connectivity index (χ1) is 30.9. The number of ether oxygens (including phenoxy) is 1. The van der Waals surface area contributed by atoms with Crippen molar-refractivity contribution in [2.45, 2.75) is 105 Å².